The van der Waals surface area contributed by atoms with Crippen LogP contribution < -0.4 is 19.5 Å². The first-order valence-electron chi connectivity index (χ1n) is 8.30. The highest BCUT2D eigenvalue weighted by atomic mass is 16.7. The largest absolute Gasteiger partial charge is 0.496 e. The number of anilines is 1. The predicted molar refractivity (Wildman–Crippen MR) is 101 cm³/mol. The molecule has 0 radical (unpaired) electrons. The average Bonchev–Trinajstić information content (AvgIpc) is 3.35. The lowest BCUT2D eigenvalue weighted by Crippen LogP contribution is -2.09. The molecule has 1 aliphatic rings. The molecule has 4 rings (SSSR count). The molecule has 0 fully saturated rings. The van der Waals surface area contributed by atoms with E-state index in [1.807, 2.05) is 42.5 Å². The van der Waals surface area contributed by atoms with Crippen LogP contribution in [0.5, 0.6) is 17.2 Å². The average molecular weight is 363 g/mol. The molecule has 1 aliphatic heterocycles. The van der Waals surface area contributed by atoms with E-state index < -0.39 is 0 Å². The molecule has 0 saturated carbocycles. The number of fused-ring (bicyclic) bond motifs is 1. The van der Waals surface area contributed by atoms with Crippen molar-refractivity contribution in [3.63, 3.8) is 0 Å². The Kier molecular flexibility index (Phi) is 4.49. The first kappa shape index (κ1) is 16.7. The Labute approximate surface area is 155 Å². The second kappa shape index (κ2) is 7.25. The number of H-pyrrole nitrogens is 1. The monoisotopic (exact) mass is 363 g/mol. The summed E-state index contributed by atoms with van der Waals surface area (Å²) in [4.78, 5) is 12.3. The van der Waals surface area contributed by atoms with Crippen LogP contribution in [0, 0.1) is 0 Å². The van der Waals surface area contributed by atoms with Crippen LogP contribution in [-0.4, -0.2) is 30.0 Å². The van der Waals surface area contributed by atoms with Crippen LogP contribution in [-0.2, 0) is 4.79 Å². The van der Waals surface area contributed by atoms with E-state index >= 15 is 0 Å². The minimum absolute atomic E-state index is 0.210. The third kappa shape index (κ3) is 3.48. The van der Waals surface area contributed by atoms with Gasteiger partial charge in [0, 0.05) is 17.2 Å². The van der Waals surface area contributed by atoms with Crippen molar-refractivity contribution in [3.8, 4) is 28.4 Å². The van der Waals surface area contributed by atoms with Gasteiger partial charge < -0.3 is 19.5 Å². The zero-order valence-corrected chi connectivity index (χ0v) is 14.6. The SMILES string of the molecule is COc1ccccc1/C=C/C(=O)Nc1[nH]ncc1-c1ccc2c(c1)OCO2. The summed E-state index contributed by atoms with van der Waals surface area (Å²) in [5.41, 5.74) is 2.43. The number of carbonyl (C=O) groups excluding carboxylic acids is 1. The van der Waals surface area contributed by atoms with Crippen molar-refractivity contribution in [1.29, 1.82) is 0 Å². The number of nitrogens with one attached hydrogen (secondary N) is 2. The Balaban J connectivity index is 1.51. The molecule has 0 bridgehead atoms. The first-order chi connectivity index (χ1) is 13.2. The molecule has 0 spiro atoms. The van der Waals surface area contributed by atoms with Crippen LogP contribution in [0.4, 0.5) is 5.82 Å². The summed E-state index contributed by atoms with van der Waals surface area (Å²) >= 11 is 0. The molecule has 1 aromatic heterocycles. The highest BCUT2D eigenvalue weighted by Crippen LogP contribution is 2.37. The summed E-state index contributed by atoms with van der Waals surface area (Å²) in [6, 6.07) is 13.0. The number of methoxy groups -OCH3 is 1. The van der Waals surface area contributed by atoms with Crippen molar-refractivity contribution in [1.82, 2.24) is 10.2 Å². The molecule has 7 heteroatoms. The molecule has 0 atom stereocenters. The molecule has 0 aliphatic carbocycles. The van der Waals surface area contributed by atoms with Gasteiger partial charge in [0.2, 0.25) is 12.7 Å². The van der Waals surface area contributed by atoms with Crippen molar-refractivity contribution in [2.24, 2.45) is 0 Å². The van der Waals surface area contributed by atoms with Gasteiger partial charge >= 0.3 is 0 Å². The number of aromatic amines is 1. The fraction of sp³-hybridized carbons (Fsp3) is 0.100. The number of benzene rings is 2. The van der Waals surface area contributed by atoms with E-state index in [2.05, 4.69) is 15.5 Å². The number of nitrogens with zero attached hydrogens (tertiary/aromatic N) is 1. The molecule has 1 amide bonds. The predicted octanol–water partition coefficient (Wildman–Crippen LogP) is 3.47. The maximum atomic E-state index is 12.3. The molecule has 0 saturated heterocycles. The number of hydrogen-bond acceptors (Lipinski definition) is 5. The zero-order valence-electron chi connectivity index (χ0n) is 14.6. The molecular weight excluding hydrogens is 346 g/mol. The van der Waals surface area contributed by atoms with E-state index in [0.717, 1.165) is 16.7 Å². The lowest BCUT2D eigenvalue weighted by Gasteiger charge is -2.06. The Morgan fingerprint density at radius 1 is 1.22 bits per heavy atom. The second-order valence-corrected chi connectivity index (χ2v) is 5.79. The molecule has 136 valence electrons. The van der Waals surface area contributed by atoms with Gasteiger partial charge in [0.05, 0.1) is 13.3 Å². The van der Waals surface area contributed by atoms with Gasteiger partial charge in [-0.15, -0.1) is 0 Å². The molecule has 27 heavy (non-hydrogen) atoms. The van der Waals surface area contributed by atoms with E-state index in [-0.39, 0.29) is 12.7 Å². The fourth-order valence-corrected chi connectivity index (χ4v) is 2.80. The van der Waals surface area contributed by atoms with Crippen LogP contribution in [0.2, 0.25) is 0 Å². The van der Waals surface area contributed by atoms with Gasteiger partial charge in [0.25, 0.3) is 0 Å². The topological polar surface area (TPSA) is 85.5 Å². The van der Waals surface area contributed by atoms with E-state index in [4.69, 9.17) is 14.2 Å². The first-order valence-corrected chi connectivity index (χ1v) is 8.30. The lowest BCUT2D eigenvalue weighted by atomic mass is 10.1. The molecule has 2 N–H and O–H groups in total. The van der Waals surface area contributed by atoms with E-state index in [9.17, 15) is 4.79 Å². The highest BCUT2D eigenvalue weighted by molar-refractivity contribution is 6.03. The van der Waals surface area contributed by atoms with Gasteiger partial charge in [-0.25, -0.2) is 0 Å². The lowest BCUT2D eigenvalue weighted by molar-refractivity contribution is -0.111. The smallest absolute Gasteiger partial charge is 0.249 e. The minimum atomic E-state index is -0.285. The van der Waals surface area contributed by atoms with Crippen LogP contribution in [0.3, 0.4) is 0 Å². The van der Waals surface area contributed by atoms with Crippen molar-refractivity contribution >= 4 is 17.8 Å². The minimum Gasteiger partial charge on any atom is -0.496 e. The third-order valence-electron chi connectivity index (χ3n) is 4.12. The van der Waals surface area contributed by atoms with E-state index in [1.54, 1.807) is 19.4 Å². The number of para-hydroxylation sites is 1. The van der Waals surface area contributed by atoms with Crippen LogP contribution >= 0.6 is 0 Å². The number of rotatable bonds is 5. The number of carbonyl (C=O) groups is 1. The maximum Gasteiger partial charge on any atom is 0.249 e. The standard InChI is InChI=1S/C20H17N3O4/c1-25-16-5-3-2-4-13(16)7-9-19(24)22-20-15(11-21-23-20)14-6-8-17-18(10-14)27-12-26-17/h2-11H,12H2,1H3,(H2,21,22,23,24)/b9-7+. The van der Waals surface area contributed by atoms with E-state index in [0.29, 0.717) is 23.1 Å². The van der Waals surface area contributed by atoms with Crippen molar-refractivity contribution in [2.75, 3.05) is 19.2 Å². The summed E-state index contributed by atoms with van der Waals surface area (Å²) in [6.07, 6.45) is 4.80. The maximum absolute atomic E-state index is 12.3. The summed E-state index contributed by atoms with van der Waals surface area (Å²) in [5.74, 6) is 2.29. The molecule has 2 heterocycles. The quantitative estimate of drug-likeness (QED) is 0.678. The number of ether oxygens (including phenoxy) is 3. The Morgan fingerprint density at radius 3 is 2.96 bits per heavy atom. The van der Waals surface area contributed by atoms with Crippen molar-refractivity contribution in [3.05, 3.63) is 60.3 Å². The van der Waals surface area contributed by atoms with Crippen LogP contribution in [0.1, 0.15) is 5.56 Å². The summed E-state index contributed by atoms with van der Waals surface area (Å²) in [5, 5.41) is 9.65. The second-order valence-electron chi connectivity index (χ2n) is 5.79. The van der Waals surface area contributed by atoms with Gasteiger partial charge in [0.1, 0.15) is 11.6 Å². The van der Waals surface area contributed by atoms with Gasteiger partial charge in [0.15, 0.2) is 11.5 Å². The summed E-state index contributed by atoms with van der Waals surface area (Å²) in [6.45, 7) is 0.210. The third-order valence-corrected chi connectivity index (χ3v) is 4.12. The summed E-state index contributed by atoms with van der Waals surface area (Å²) < 4.78 is 16.0. The Morgan fingerprint density at radius 2 is 2.07 bits per heavy atom. The molecule has 7 nitrogen and oxygen atoms in total. The molecule has 0 unspecified atom stereocenters. The number of aromatic nitrogens is 2. The Bertz CT molecular complexity index is 1010. The van der Waals surface area contributed by atoms with Crippen LogP contribution in [0.25, 0.3) is 17.2 Å². The van der Waals surface area contributed by atoms with E-state index in [1.165, 1.54) is 6.08 Å². The van der Waals surface area contributed by atoms with Gasteiger partial charge in [-0.3, -0.25) is 9.89 Å². The van der Waals surface area contributed by atoms with Gasteiger partial charge in [-0.05, 0) is 29.8 Å². The number of amides is 1. The summed E-state index contributed by atoms with van der Waals surface area (Å²) in [7, 11) is 1.59. The Hall–Kier alpha value is -3.74. The van der Waals surface area contributed by atoms with Crippen molar-refractivity contribution in [2.45, 2.75) is 0 Å². The molecule has 3 aromatic rings. The van der Waals surface area contributed by atoms with Crippen molar-refractivity contribution < 1.29 is 19.0 Å². The van der Waals surface area contributed by atoms with Crippen LogP contribution in [0.15, 0.2) is 54.7 Å². The normalized spacial score (nSPS) is 12.3. The zero-order chi connectivity index (χ0) is 18.6. The van der Waals surface area contributed by atoms with Gasteiger partial charge in [-0.1, -0.05) is 24.3 Å². The molecular formula is C20H17N3O4. The molecule has 2 aromatic carbocycles. The highest BCUT2D eigenvalue weighted by Gasteiger charge is 2.16. The van der Waals surface area contributed by atoms with Gasteiger partial charge in [-0.2, -0.15) is 5.10 Å². The fourth-order valence-electron chi connectivity index (χ4n) is 2.80. The number of hydrogen-bond donors (Lipinski definition) is 2.